The topological polar surface area (TPSA) is 52.3 Å². The van der Waals surface area contributed by atoms with Gasteiger partial charge in [0.25, 0.3) is 0 Å². The van der Waals surface area contributed by atoms with Crippen molar-refractivity contribution in [2.75, 3.05) is 6.61 Å². The second kappa shape index (κ2) is 8.21. The molecule has 0 aliphatic carbocycles. The van der Waals surface area contributed by atoms with Crippen LogP contribution in [0.2, 0.25) is 0 Å². The lowest BCUT2D eigenvalue weighted by Gasteiger charge is -2.08. The molecule has 4 nitrogen and oxygen atoms in total. The van der Waals surface area contributed by atoms with E-state index < -0.39 is 0 Å². The van der Waals surface area contributed by atoms with E-state index in [2.05, 4.69) is 20.9 Å². The molecule has 146 valence electrons. The molecule has 0 radical (unpaired) electrons. The van der Waals surface area contributed by atoms with Crippen LogP contribution >= 0.6 is 15.9 Å². The number of fused-ring (bicyclic) bond motifs is 1. The summed E-state index contributed by atoms with van der Waals surface area (Å²) in [4.78, 5) is 16.9. The number of aromatic nitrogens is 1. The molecule has 0 unspecified atom stereocenters. The number of hydrogen-bond donors (Lipinski definition) is 0. The standard InChI is InChI=1S/C24H20BrNO3/c1-15-5-3-4-6-22(15)28-14-20(27)12-17-7-9-18(10-8-17)24-26-21-13-19(25)11-16(2)23(21)29-24/h3-11,13H,12,14H2,1-2H3. The van der Waals surface area contributed by atoms with Crippen molar-refractivity contribution in [1.82, 2.24) is 4.98 Å². The summed E-state index contributed by atoms with van der Waals surface area (Å²) in [5.41, 5.74) is 5.47. The van der Waals surface area contributed by atoms with Gasteiger partial charge in [-0.15, -0.1) is 0 Å². The molecular formula is C24H20BrNO3. The Morgan fingerprint density at radius 2 is 1.79 bits per heavy atom. The Morgan fingerprint density at radius 3 is 2.55 bits per heavy atom. The maximum Gasteiger partial charge on any atom is 0.227 e. The average molecular weight is 450 g/mol. The predicted molar refractivity (Wildman–Crippen MR) is 117 cm³/mol. The molecule has 0 aliphatic heterocycles. The minimum atomic E-state index is 0.0309. The number of oxazole rings is 1. The van der Waals surface area contributed by atoms with E-state index in [1.165, 1.54) is 0 Å². The summed E-state index contributed by atoms with van der Waals surface area (Å²) in [6.07, 6.45) is 0.325. The molecular weight excluding hydrogens is 430 g/mol. The molecule has 0 saturated heterocycles. The molecule has 0 N–H and O–H groups in total. The van der Waals surface area contributed by atoms with Crippen molar-refractivity contribution in [2.45, 2.75) is 20.3 Å². The molecule has 1 heterocycles. The third-order valence-corrected chi connectivity index (χ3v) is 5.18. The zero-order valence-electron chi connectivity index (χ0n) is 16.2. The van der Waals surface area contributed by atoms with Gasteiger partial charge in [0, 0.05) is 16.5 Å². The quantitative estimate of drug-likeness (QED) is 0.358. The molecule has 1 aromatic heterocycles. The van der Waals surface area contributed by atoms with Gasteiger partial charge in [0.2, 0.25) is 5.89 Å². The number of hydrogen-bond acceptors (Lipinski definition) is 4. The van der Waals surface area contributed by atoms with E-state index in [-0.39, 0.29) is 12.4 Å². The van der Waals surface area contributed by atoms with Gasteiger partial charge in [0.05, 0.1) is 0 Å². The minimum Gasteiger partial charge on any atom is -0.486 e. The molecule has 3 aromatic carbocycles. The molecule has 4 rings (SSSR count). The van der Waals surface area contributed by atoms with Crippen LogP contribution in [0.1, 0.15) is 16.7 Å². The lowest BCUT2D eigenvalue weighted by Crippen LogP contribution is -2.14. The number of ketones is 1. The van der Waals surface area contributed by atoms with E-state index in [4.69, 9.17) is 9.15 Å². The molecule has 0 amide bonds. The maximum atomic E-state index is 12.3. The Hall–Kier alpha value is -2.92. The van der Waals surface area contributed by atoms with Crippen molar-refractivity contribution in [3.63, 3.8) is 0 Å². The van der Waals surface area contributed by atoms with Gasteiger partial charge < -0.3 is 9.15 Å². The number of carbonyl (C=O) groups is 1. The third-order valence-electron chi connectivity index (χ3n) is 4.72. The highest BCUT2D eigenvalue weighted by Gasteiger charge is 2.12. The van der Waals surface area contributed by atoms with Gasteiger partial charge in [-0.1, -0.05) is 46.3 Å². The maximum absolute atomic E-state index is 12.3. The van der Waals surface area contributed by atoms with Crippen LogP contribution in [-0.4, -0.2) is 17.4 Å². The van der Waals surface area contributed by atoms with E-state index in [0.717, 1.165) is 43.6 Å². The van der Waals surface area contributed by atoms with E-state index in [0.29, 0.717) is 12.3 Å². The molecule has 0 spiro atoms. The molecule has 0 fully saturated rings. The van der Waals surface area contributed by atoms with Crippen LogP contribution in [0.4, 0.5) is 0 Å². The van der Waals surface area contributed by atoms with Gasteiger partial charge in [-0.25, -0.2) is 4.98 Å². The second-order valence-corrected chi connectivity index (χ2v) is 7.97. The van der Waals surface area contributed by atoms with Gasteiger partial charge >= 0.3 is 0 Å². The zero-order valence-corrected chi connectivity index (χ0v) is 17.8. The summed E-state index contributed by atoms with van der Waals surface area (Å²) in [5.74, 6) is 1.35. The summed E-state index contributed by atoms with van der Waals surface area (Å²) >= 11 is 3.49. The number of benzene rings is 3. The van der Waals surface area contributed by atoms with Gasteiger partial charge in [-0.3, -0.25) is 4.79 Å². The van der Waals surface area contributed by atoms with Crippen LogP contribution in [0.5, 0.6) is 5.75 Å². The first-order chi connectivity index (χ1) is 14.0. The number of carbonyl (C=O) groups excluding carboxylic acids is 1. The molecule has 0 aliphatic rings. The summed E-state index contributed by atoms with van der Waals surface area (Å²) < 4.78 is 12.6. The number of rotatable bonds is 6. The Labute approximate surface area is 177 Å². The molecule has 5 heteroatoms. The number of halogens is 1. The van der Waals surface area contributed by atoms with Crippen molar-refractivity contribution in [1.29, 1.82) is 0 Å². The van der Waals surface area contributed by atoms with Gasteiger partial charge in [0.1, 0.15) is 17.9 Å². The summed E-state index contributed by atoms with van der Waals surface area (Å²) in [6.45, 7) is 4.02. The Balaban J connectivity index is 1.43. The molecule has 0 saturated carbocycles. The van der Waals surface area contributed by atoms with E-state index in [1.54, 1.807) is 0 Å². The predicted octanol–water partition coefficient (Wildman–Crippen LogP) is 6.06. The second-order valence-electron chi connectivity index (χ2n) is 7.06. The highest BCUT2D eigenvalue weighted by atomic mass is 79.9. The van der Waals surface area contributed by atoms with E-state index in [9.17, 15) is 4.79 Å². The third kappa shape index (κ3) is 4.40. The molecule has 29 heavy (non-hydrogen) atoms. The summed E-state index contributed by atoms with van der Waals surface area (Å²) in [7, 11) is 0. The smallest absolute Gasteiger partial charge is 0.227 e. The lowest BCUT2D eigenvalue weighted by molar-refractivity contribution is -0.120. The van der Waals surface area contributed by atoms with Crippen LogP contribution in [0.25, 0.3) is 22.6 Å². The van der Waals surface area contributed by atoms with Crippen LogP contribution in [0.3, 0.4) is 0 Å². The fraction of sp³-hybridized carbons (Fsp3) is 0.167. The molecule has 0 atom stereocenters. The minimum absolute atomic E-state index is 0.0309. The first-order valence-electron chi connectivity index (χ1n) is 9.36. The SMILES string of the molecule is Cc1ccccc1OCC(=O)Cc1ccc(-c2nc3cc(Br)cc(C)c3o2)cc1. The van der Waals surface area contributed by atoms with Crippen molar-refractivity contribution in [2.24, 2.45) is 0 Å². The van der Waals surface area contributed by atoms with Crippen molar-refractivity contribution < 1.29 is 13.9 Å². The first-order valence-corrected chi connectivity index (χ1v) is 10.1. The monoisotopic (exact) mass is 449 g/mol. The van der Waals surface area contributed by atoms with Crippen LogP contribution < -0.4 is 4.74 Å². The molecule has 0 bridgehead atoms. The number of nitrogens with zero attached hydrogens (tertiary/aromatic N) is 1. The zero-order chi connectivity index (χ0) is 20.4. The Bertz CT molecular complexity index is 1180. The number of aryl methyl sites for hydroxylation is 2. The van der Waals surface area contributed by atoms with Gasteiger partial charge in [-0.05, 0) is 60.9 Å². The van der Waals surface area contributed by atoms with Gasteiger partial charge in [0.15, 0.2) is 11.4 Å². The summed E-state index contributed by atoms with van der Waals surface area (Å²) in [5, 5.41) is 0. The fourth-order valence-corrected chi connectivity index (χ4v) is 3.76. The van der Waals surface area contributed by atoms with Crippen molar-refractivity contribution in [3.8, 4) is 17.2 Å². The lowest BCUT2D eigenvalue weighted by atomic mass is 10.1. The number of para-hydroxylation sites is 1. The highest BCUT2D eigenvalue weighted by molar-refractivity contribution is 9.10. The fourth-order valence-electron chi connectivity index (χ4n) is 3.20. The highest BCUT2D eigenvalue weighted by Crippen LogP contribution is 2.29. The van der Waals surface area contributed by atoms with Gasteiger partial charge in [-0.2, -0.15) is 0 Å². The molecule has 4 aromatic rings. The van der Waals surface area contributed by atoms with Crippen molar-refractivity contribution in [3.05, 3.63) is 81.8 Å². The normalized spacial score (nSPS) is 11.0. The van der Waals surface area contributed by atoms with Crippen LogP contribution in [0, 0.1) is 13.8 Å². The number of ether oxygens (including phenoxy) is 1. The largest absolute Gasteiger partial charge is 0.486 e. The van der Waals surface area contributed by atoms with E-state index >= 15 is 0 Å². The average Bonchev–Trinajstić information content (AvgIpc) is 3.12. The number of Topliss-reactive ketones (excluding diaryl/α,β-unsaturated/α-hetero) is 1. The first kappa shape index (κ1) is 19.4. The summed E-state index contributed by atoms with van der Waals surface area (Å²) in [6, 6.07) is 19.3. The Morgan fingerprint density at radius 1 is 1.03 bits per heavy atom. The van der Waals surface area contributed by atoms with Crippen molar-refractivity contribution >= 4 is 32.8 Å². The van der Waals surface area contributed by atoms with Crippen LogP contribution in [0.15, 0.2) is 69.6 Å². The van der Waals surface area contributed by atoms with Crippen LogP contribution in [-0.2, 0) is 11.2 Å². The van der Waals surface area contributed by atoms with E-state index in [1.807, 2.05) is 74.5 Å². The Kier molecular flexibility index (Phi) is 5.49.